The van der Waals surface area contributed by atoms with Crippen LogP contribution in [-0.4, -0.2) is 80.6 Å². The fourth-order valence-corrected chi connectivity index (χ4v) is 1.80. The molecular weight excluding hydrogens is 202 g/mol. The van der Waals surface area contributed by atoms with Crippen molar-refractivity contribution in [3.05, 3.63) is 0 Å². The highest BCUT2D eigenvalue weighted by Crippen LogP contribution is 2.01. The van der Waals surface area contributed by atoms with E-state index in [1.165, 1.54) is 0 Å². The van der Waals surface area contributed by atoms with Crippen LogP contribution in [0.5, 0.6) is 0 Å². The number of guanidine groups is 1. The van der Waals surface area contributed by atoms with E-state index in [-0.39, 0.29) is 0 Å². The summed E-state index contributed by atoms with van der Waals surface area (Å²) in [7, 11) is 4.23. The number of piperazine rings is 1. The molecule has 0 aromatic carbocycles. The van der Waals surface area contributed by atoms with E-state index in [2.05, 4.69) is 33.8 Å². The average molecular weight is 227 g/mol. The molecule has 94 valence electrons. The molecule has 0 saturated carbocycles. The van der Waals surface area contributed by atoms with Crippen LogP contribution in [0.15, 0.2) is 4.99 Å². The molecule has 0 aromatic rings. The van der Waals surface area contributed by atoms with Gasteiger partial charge in [-0.1, -0.05) is 0 Å². The number of nitrogens with two attached hydrogens (primary N) is 1. The Hall–Kier alpha value is -0.810. The summed E-state index contributed by atoms with van der Waals surface area (Å²) >= 11 is 0. The number of hydrogen-bond donors (Lipinski definition) is 1. The van der Waals surface area contributed by atoms with Gasteiger partial charge in [-0.2, -0.15) is 0 Å². The Balaban J connectivity index is 2.26. The highest BCUT2D eigenvalue weighted by molar-refractivity contribution is 5.78. The van der Waals surface area contributed by atoms with Crippen molar-refractivity contribution in [1.29, 1.82) is 0 Å². The zero-order valence-corrected chi connectivity index (χ0v) is 10.8. The molecule has 0 amide bonds. The van der Waals surface area contributed by atoms with E-state index in [0.717, 1.165) is 45.8 Å². The molecule has 0 aromatic heterocycles. The third kappa shape index (κ3) is 4.37. The van der Waals surface area contributed by atoms with Crippen molar-refractivity contribution in [2.45, 2.75) is 6.92 Å². The van der Waals surface area contributed by atoms with Gasteiger partial charge in [0, 0.05) is 45.8 Å². The van der Waals surface area contributed by atoms with Crippen LogP contribution in [0.4, 0.5) is 0 Å². The lowest BCUT2D eigenvalue weighted by Crippen LogP contribution is -2.52. The molecule has 5 nitrogen and oxygen atoms in total. The lowest BCUT2D eigenvalue weighted by molar-refractivity contribution is 0.168. The topological polar surface area (TPSA) is 48.1 Å². The van der Waals surface area contributed by atoms with E-state index < -0.39 is 0 Å². The third-order valence-electron chi connectivity index (χ3n) is 2.88. The Morgan fingerprint density at radius 1 is 1.25 bits per heavy atom. The first-order chi connectivity index (χ1) is 7.63. The Labute approximate surface area is 98.9 Å². The molecule has 1 saturated heterocycles. The summed E-state index contributed by atoms with van der Waals surface area (Å²) in [6.45, 7) is 9.24. The van der Waals surface area contributed by atoms with Gasteiger partial charge < -0.3 is 15.5 Å². The van der Waals surface area contributed by atoms with Gasteiger partial charge in [0.1, 0.15) is 0 Å². The lowest BCUT2D eigenvalue weighted by atomic mass is 10.3. The fraction of sp³-hybridized carbons (Fsp3) is 0.909. The van der Waals surface area contributed by atoms with Gasteiger partial charge >= 0.3 is 0 Å². The zero-order chi connectivity index (χ0) is 12.0. The van der Waals surface area contributed by atoms with Crippen LogP contribution in [0.25, 0.3) is 0 Å². The van der Waals surface area contributed by atoms with E-state index in [1.54, 1.807) is 0 Å². The second kappa shape index (κ2) is 6.70. The number of hydrogen-bond acceptors (Lipinski definition) is 3. The summed E-state index contributed by atoms with van der Waals surface area (Å²) in [6, 6.07) is 0. The minimum Gasteiger partial charge on any atom is -0.370 e. The van der Waals surface area contributed by atoms with Crippen molar-refractivity contribution in [3.8, 4) is 0 Å². The van der Waals surface area contributed by atoms with Crippen LogP contribution in [0.3, 0.4) is 0 Å². The first kappa shape index (κ1) is 13.3. The molecule has 1 heterocycles. The minimum atomic E-state index is 0.703. The van der Waals surface area contributed by atoms with Gasteiger partial charge in [-0.05, 0) is 21.0 Å². The molecular formula is C11H25N5. The maximum atomic E-state index is 5.88. The molecule has 0 spiro atoms. The van der Waals surface area contributed by atoms with Crippen LogP contribution in [0.2, 0.25) is 0 Å². The van der Waals surface area contributed by atoms with Gasteiger partial charge in [-0.15, -0.1) is 0 Å². The van der Waals surface area contributed by atoms with E-state index in [1.807, 2.05) is 6.92 Å². The molecule has 0 radical (unpaired) electrons. The second-order valence-corrected chi connectivity index (χ2v) is 4.46. The maximum absolute atomic E-state index is 5.88. The van der Waals surface area contributed by atoms with Crippen LogP contribution in [0.1, 0.15) is 6.92 Å². The second-order valence-electron chi connectivity index (χ2n) is 4.46. The number of rotatable bonds is 4. The summed E-state index contributed by atoms with van der Waals surface area (Å²) < 4.78 is 0. The highest BCUT2D eigenvalue weighted by atomic mass is 15.3. The standard InChI is InChI=1S/C11H25N5/c1-4-13-11(12)16-9-7-15(8-10-16)6-5-14(2)3/h4-10H2,1-3H3,(H2,12,13). The van der Waals surface area contributed by atoms with Crippen molar-refractivity contribution < 1.29 is 0 Å². The van der Waals surface area contributed by atoms with Gasteiger partial charge in [0.25, 0.3) is 0 Å². The smallest absolute Gasteiger partial charge is 0.191 e. The molecule has 2 N–H and O–H groups in total. The molecule has 16 heavy (non-hydrogen) atoms. The quantitative estimate of drug-likeness (QED) is 0.520. The summed E-state index contributed by atoms with van der Waals surface area (Å²) in [5, 5.41) is 0. The first-order valence-electron chi connectivity index (χ1n) is 6.05. The van der Waals surface area contributed by atoms with E-state index >= 15 is 0 Å². The highest BCUT2D eigenvalue weighted by Gasteiger charge is 2.17. The number of aliphatic imine (C=N–C) groups is 1. The summed E-state index contributed by atoms with van der Waals surface area (Å²) in [5.74, 6) is 0.703. The molecule has 0 atom stereocenters. The fourth-order valence-electron chi connectivity index (χ4n) is 1.80. The molecule has 1 aliphatic rings. The molecule has 5 heteroatoms. The Bertz CT molecular complexity index is 218. The molecule has 0 unspecified atom stereocenters. The predicted molar refractivity (Wildman–Crippen MR) is 68.7 cm³/mol. The van der Waals surface area contributed by atoms with Crippen LogP contribution < -0.4 is 5.73 Å². The third-order valence-corrected chi connectivity index (χ3v) is 2.88. The lowest BCUT2D eigenvalue weighted by Gasteiger charge is -2.35. The van der Waals surface area contributed by atoms with Crippen molar-refractivity contribution in [2.75, 3.05) is 59.9 Å². The predicted octanol–water partition coefficient (Wildman–Crippen LogP) is -0.500. The normalized spacial score (nSPS) is 19.5. The maximum Gasteiger partial charge on any atom is 0.191 e. The van der Waals surface area contributed by atoms with Crippen molar-refractivity contribution in [3.63, 3.8) is 0 Å². The molecule has 1 fully saturated rings. The van der Waals surface area contributed by atoms with Crippen LogP contribution in [-0.2, 0) is 0 Å². The summed E-state index contributed by atoms with van der Waals surface area (Å²) in [6.07, 6.45) is 0. The zero-order valence-electron chi connectivity index (χ0n) is 10.8. The largest absolute Gasteiger partial charge is 0.370 e. The number of nitrogens with zero attached hydrogens (tertiary/aromatic N) is 4. The first-order valence-corrected chi connectivity index (χ1v) is 6.05. The van der Waals surface area contributed by atoms with Crippen LogP contribution >= 0.6 is 0 Å². The molecule has 1 rings (SSSR count). The van der Waals surface area contributed by atoms with Gasteiger partial charge in [0.2, 0.25) is 0 Å². The van der Waals surface area contributed by atoms with E-state index in [9.17, 15) is 0 Å². The number of likely N-dealkylation sites (N-methyl/N-ethyl adjacent to an activating group) is 1. The van der Waals surface area contributed by atoms with Gasteiger partial charge in [0.05, 0.1) is 0 Å². The Morgan fingerprint density at radius 2 is 1.88 bits per heavy atom. The van der Waals surface area contributed by atoms with Crippen molar-refractivity contribution >= 4 is 5.96 Å². The Morgan fingerprint density at radius 3 is 2.38 bits per heavy atom. The van der Waals surface area contributed by atoms with Gasteiger partial charge in [-0.25, -0.2) is 0 Å². The van der Waals surface area contributed by atoms with E-state index in [4.69, 9.17) is 5.73 Å². The summed E-state index contributed by atoms with van der Waals surface area (Å²) in [4.78, 5) is 11.1. The molecule has 0 bridgehead atoms. The van der Waals surface area contributed by atoms with Crippen LogP contribution in [0, 0.1) is 0 Å². The van der Waals surface area contributed by atoms with Gasteiger partial charge in [-0.3, -0.25) is 9.89 Å². The molecule has 1 aliphatic heterocycles. The average Bonchev–Trinajstić information content (AvgIpc) is 2.27. The van der Waals surface area contributed by atoms with Gasteiger partial charge in [0.15, 0.2) is 5.96 Å². The minimum absolute atomic E-state index is 0.703. The summed E-state index contributed by atoms with van der Waals surface area (Å²) in [5.41, 5.74) is 5.88. The van der Waals surface area contributed by atoms with E-state index in [0.29, 0.717) is 5.96 Å². The van der Waals surface area contributed by atoms with Crippen molar-refractivity contribution in [2.24, 2.45) is 10.7 Å². The SMILES string of the molecule is CCN=C(N)N1CCN(CCN(C)C)CC1. The Kier molecular flexibility index (Phi) is 5.55. The monoisotopic (exact) mass is 227 g/mol. The van der Waals surface area contributed by atoms with Crippen molar-refractivity contribution in [1.82, 2.24) is 14.7 Å². The molecule has 0 aliphatic carbocycles.